The van der Waals surface area contributed by atoms with Gasteiger partial charge in [0.2, 0.25) is 0 Å². The molecule has 0 atom stereocenters. The number of aromatic nitrogens is 1. The van der Waals surface area contributed by atoms with E-state index in [1.807, 2.05) is 37.3 Å². The van der Waals surface area contributed by atoms with Gasteiger partial charge >= 0.3 is 0 Å². The van der Waals surface area contributed by atoms with Crippen molar-refractivity contribution >= 4 is 51.6 Å². The third-order valence-corrected chi connectivity index (χ3v) is 5.97. The zero-order valence-electron chi connectivity index (χ0n) is 14.4. The first-order chi connectivity index (χ1) is 11.9. The molecule has 1 saturated heterocycles. The summed E-state index contributed by atoms with van der Waals surface area (Å²) in [6.45, 7) is 7.39. The zero-order chi connectivity index (χ0) is 18.1. The Bertz CT molecular complexity index is 868. The van der Waals surface area contributed by atoms with Gasteiger partial charge in [-0.3, -0.25) is 14.5 Å². The Morgan fingerprint density at radius 1 is 1.16 bits per heavy atom. The van der Waals surface area contributed by atoms with Gasteiger partial charge < -0.3 is 4.57 Å². The number of carbonyl (C=O) groups is 2. The fraction of sp³-hybridized carbons (Fsp3) is 0.263. The van der Waals surface area contributed by atoms with Crippen LogP contribution in [0.1, 0.15) is 29.4 Å². The monoisotopic (exact) mass is 466 g/mol. The molecule has 0 saturated carbocycles. The minimum Gasteiger partial charge on any atom is -0.349 e. The highest BCUT2D eigenvalue weighted by atomic mass is 127. The topological polar surface area (TPSA) is 42.3 Å². The Labute approximate surface area is 165 Å². The second-order valence-corrected chi connectivity index (χ2v) is 8.20. The van der Waals surface area contributed by atoms with Crippen molar-refractivity contribution in [3.05, 3.63) is 61.3 Å². The molecule has 2 aromatic rings. The molecular weight excluding hydrogens is 447 g/mol. The number of nitrogens with zero attached hydrogens (tertiary/aromatic N) is 2. The van der Waals surface area contributed by atoms with Crippen LogP contribution in [0.25, 0.3) is 6.08 Å². The van der Waals surface area contributed by atoms with Gasteiger partial charge in [-0.15, -0.1) is 0 Å². The fourth-order valence-corrected chi connectivity index (χ4v) is 4.20. The molecule has 1 aromatic carbocycles. The van der Waals surface area contributed by atoms with E-state index in [4.69, 9.17) is 0 Å². The lowest BCUT2D eigenvalue weighted by Crippen LogP contribution is -2.27. The number of halogens is 1. The second kappa shape index (κ2) is 7.37. The average Bonchev–Trinajstić information content (AvgIpc) is 2.99. The molecule has 0 N–H and O–H groups in total. The summed E-state index contributed by atoms with van der Waals surface area (Å²) in [5.74, 6) is -0.213. The Morgan fingerprint density at radius 2 is 1.84 bits per heavy atom. The maximum atomic E-state index is 12.7. The van der Waals surface area contributed by atoms with E-state index in [-0.39, 0.29) is 11.1 Å². The van der Waals surface area contributed by atoms with Crippen molar-refractivity contribution in [2.24, 2.45) is 0 Å². The summed E-state index contributed by atoms with van der Waals surface area (Å²) in [4.78, 5) is 26.8. The van der Waals surface area contributed by atoms with Gasteiger partial charge in [0.1, 0.15) is 0 Å². The van der Waals surface area contributed by atoms with Gasteiger partial charge in [-0.1, -0.05) is 12.1 Å². The van der Waals surface area contributed by atoms with E-state index < -0.39 is 0 Å². The van der Waals surface area contributed by atoms with Crippen LogP contribution >= 0.6 is 34.4 Å². The van der Waals surface area contributed by atoms with Gasteiger partial charge in [0.15, 0.2) is 0 Å². The average molecular weight is 466 g/mol. The summed E-state index contributed by atoms with van der Waals surface area (Å²) in [6.07, 6.45) is 1.84. The van der Waals surface area contributed by atoms with Crippen LogP contribution in [-0.4, -0.2) is 20.6 Å². The summed E-state index contributed by atoms with van der Waals surface area (Å²) >= 11 is 3.25. The Kier molecular flexibility index (Phi) is 5.38. The SMILES string of the molecule is CCn1c(C)cc(/C=C2\SC(=O)N(Cc3ccc(I)cc3)C2=O)c1C. The predicted octanol–water partition coefficient (Wildman–Crippen LogP) is 4.97. The van der Waals surface area contributed by atoms with Crippen molar-refractivity contribution in [2.75, 3.05) is 0 Å². The quantitative estimate of drug-likeness (QED) is 0.472. The molecule has 2 amide bonds. The molecule has 6 heteroatoms. The summed E-state index contributed by atoms with van der Waals surface area (Å²) in [5.41, 5.74) is 4.22. The number of benzene rings is 1. The molecule has 0 bridgehead atoms. The highest BCUT2D eigenvalue weighted by Gasteiger charge is 2.35. The van der Waals surface area contributed by atoms with E-state index in [2.05, 4.69) is 47.1 Å². The molecule has 4 nitrogen and oxygen atoms in total. The number of thioether (sulfide) groups is 1. The van der Waals surface area contributed by atoms with Crippen molar-refractivity contribution in [2.45, 2.75) is 33.9 Å². The van der Waals surface area contributed by atoms with E-state index in [0.29, 0.717) is 11.4 Å². The molecule has 0 radical (unpaired) electrons. The Balaban J connectivity index is 1.84. The number of hydrogen-bond donors (Lipinski definition) is 0. The van der Waals surface area contributed by atoms with Crippen molar-refractivity contribution in [3.8, 4) is 0 Å². The van der Waals surface area contributed by atoms with Crippen LogP contribution in [0, 0.1) is 17.4 Å². The number of carbonyl (C=O) groups excluding carboxylic acids is 2. The van der Waals surface area contributed by atoms with E-state index in [1.54, 1.807) is 0 Å². The summed E-state index contributed by atoms with van der Waals surface area (Å²) in [7, 11) is 0. The van der Waals surface area contributed by atoms with Gasteiger partial charge in [-0.25, -0.2) is 0 Å². The first-order valence-electron chi connectivity index (χ1n) is 8.07. The van der Waals surface area contributed by atoms with Crippen molar-refractivity contribution in [1.29, 1.82) is 0 Å². The van der Waals surface area contributed by atoms with Crippen molar-refractivity contribution < 1.29 is 9.59 Å². The first-order valence-corrected chi connectivity index (χ1v) is 9.96. The summed E-state index contributed by atoms with van der Waals surface area (Å²) < 4.78 is 3.32. The molecule has 1 fully saturated rings. The normalized spacial score (nSPS) is 16.3. The minimum atomic E-state index is -0.213. The molecule has 2 heterocycles. The first kappa shape index (κ1) is 18.3. The summed E-state index contributed by atoms with van der Waals surface area (Å²) in [5, 5.41) is -0.209. The standard InChI is InChI=1S/C19H19IN2O2S/c1-4-21-12(2)9-15(13(21)3)10-17-18(23)22(19(24)25-17)11-14-5-7-16(20)8-6-14/h5-10H,4,11H2,1-3H3/b17-10-. The maximum absolute atomic E-state index is 12.7. The largest absolute Gasteiger partial charge is 0.349 e. The molecule has 1 aromatic heterocycles. The van der Waals surface area contributed by atoms with E-state index in [1.165, 1.54) is 4.90 Å². The lowest BCUT2D eigenvalue weighted by Gasteiger charge is -2.12. The van der Waals surface area contributed by atoms with Gasteiger partial charge in [-0.2, -0.15) is 0 Å². The number of rotatable bonds is 4. The van der Waals surface area contributed by atoms with E-state index >= 15 is 0 Å². The number of imide groups is 1. The molecule has 0 spiro atoms. The van der Waals surface area contributed by atoms with Gasteiger partial charge in [0.05, 0.1) is 11.4 Å². The number of hydrogen-bond acceptors (Lipinski definition) is 3. The molecule has 0 aliphatic carbocycles. The highest BCUT2D eigenvalue weighted by Crippen LogP contribution is 2.34. The molecule has 3 rings (SSSR count). The van der Waals surface area contributed by atoms with Gasteiger partial charge in [-0.05, 0) is 90.5 Å². The summed E-state index contributed by atoms with van der Waals surface area (Å²) in [6, 6.07) is 9.91. The lowest BCUT2D eigenvalue weighted by atomic mass is 10.2. The van der Waals surface area contributed by atoms with Crippen LogP contribution in [0.15, 0.2) is 35.2 Å². The molecule has 130 valence electrons. The molecule has 0 unspecified atom stereocenters. The zero-order valence-corrected chi connectivity index (χ0v) is 17.3. The van der Waals surface area contributed by atoms with Crippen LogP contribution in [0.3, 0.4) is 0 Å². The molecule has 1 aliphatic rings. The van der Waals surface area contributed by atoms with E-state index in [0.717, 1.165) is 44.4 Å². The smallest absolute Gasteiger partial charge is 0.293 e. The van der Waals surface area contributed by atoms with E-state index in [9.17, 15) is 9.59 Å². The molecule has 1 aliphatic heterocycles. The van der Waals surface area contributed by atoms with Gasteiger partial charge in [0.25, 0.3) is 11.1 Å². The van der Waals surface area contributed by atoms with Crippen LogP contribution in [-0.2, 0) is 17.9 Å². The van der Waals surface area contributed by atoms with Gasteiger partial charge in [0, 0.05) is 21.5 Å². The van der Waals surface area contributed by atoms with Crippen LogP contribution in [0.2, 0.25) is 0 Å². The van der Waals surface area contributed by atoms with Crippen LogP contribution in [0.4, 0.5) is 4.79 Å². The second-order valence-electron chi connectivity index (χ2n) is 5.97. The highest BCUT2D eigenvalue weighted by molar-refractivity contribution is 14.1. The van der Waals surface area contributed by atoms with Crippen molar-refractivity contribution in [1.82, 2.24) is 9.47 Å². The van der Waals surface area contributed by atoms with Crippen LogP contribution < -0.4 is 0 Å². The van der Waals surface area contributed by atoms with Crippen LogP contribution in [0.5, 0.6) is 0 Å². The predicted molar refractivity (Wildman–Crippen MR) is 110 cm³/mol. The Hall–Kier alpha value is -1.54. The number of amides is 2. The third kappa shape index (κ3) is 3.69. The molecular formula is C19H19IN2O2S. The van der Waals surface area contributed by atoms with Crippen molar-refractivity contribution in [3.63, 3.8) is 0 Å². The number of aryl methyl sites for hydroxylation is 1. The fourth-order valence-electron chi connectivity index (χ4n) is 3.01. The Morgan fingerprint density at radius 3 is 2.44 bits per heavy atom. The lowest BCUT2D eigenvalue weighted by molar-refractivity contribution is -0.123. The third-order valence-electron chi connectivity index (χ3n) is 4.34. The molecule has 25 heavy (non-hydrogen) atoms. The maximum Gasteiger partial charge on any atom is 0.293 e. The minimum absolute atomic E-state index is 0.209.